The standard InChI is InChI=1S/C18H17BrN4O2.C12H11BrN2.C11H17BN2O2.C7H6Br2.C6H8N2O3/c1-23-17(24)8-6-15(22-23)18(25)21-16-7-5-13(11-20-16)9-12-3-2-4-14(19)10-12;13-11-3-1-2-9(7-11)6-10-4-5-12(14)15-8-10;1-10(2)11(3,4)16-12(15-10)8-5-6-9(13)14-7-8;8-5-6-2-1-3-7(9)4-6;1-8-5(9)3-2-4(7-8)6(10)11/h2-5,7,10-11H,6,8-9H2,1H3,(H,20,21,25);1-5,7-8H,6H2,(H2,14,15);5-7H,1-4H3,(H2,13,14);1-4H,5H2;2-3H2,1H3,(H,10,11). The number of pyridine rings is 3. The first-order chi connectivity index (χ1) is 36.0. The average molecular weight is 1290 g/mol. The van der Waals surface area contributed by atoms with Crippen molar-refractivity contribution in [3.8, 4) is 0 Å². The van der Waals surface area contributed by atoms with E-state index in [-0.39, 0.29) is 54.6 Å². The molecule has 398 valence electrons. The van der Waals surface area contributed by atoms with Gasteiger partial charge in [-0.15, -0.1) is 0 Å². The highest BCUT2D eigenvalue weighted by Crippen LogP contribution is 2.36. The first-order valence-electron chi connectivity index (χ1n) is 23.7. The van der Waals surface area contributed by atoms with Gasteiger partial charge in [-0.05, 0) is 123 Å². The summed E-state index contributed by atoms with van der Waals surface area (Å²) in [5, 5.41) is 21.9. The lowest BCUT2D eigenvalue weighted by Gasteiger charge is -2.32. The molecule has 0 unspecified atom stereocenters. The maximum atomic E-state index is 12.2. The summed E-state index contributed by atoms with van der Waals surface area (Å²) in [6.07, 6.45) is 8.01. The number of carbonyl (C=O) groups is 4. The SMILES string of the molecule is BrCc1cccc(Br)c1.CC1(C)OB(c2ccc(N)nc2)OC1(C)C.CN1N=C(C(=O)Nc2ccc(Cc3cccc(Br)c3)cn2)CCC1=O.CN1N=C(C(=O)O)CCC1=O.Nc1ccc(Cc2cccc(Br)c2)cn1. The minimum Gasteiger partial charge on any atom is -0.477 e. The fourth-order valence-corrected chi connectivity index (χ4v) is 8.60. The van der Waals surface area contributed by atoms with E-state index in [2.05, 4.69) is 131 Å². The molecule has 3 aromatic heterocycles. The number of anilines is 3. The van der Waals surface area contributed by atoms with Crippen LogP contribution in [0.1, 0.15) is 81.2 Å². The second-order valence-electron chi connectivity index (χ2n) is 18.3. The van der Waals surface area contributed by atoms with E-state index in [1.165, 1.54) is 34.3 Å². The molecule has 0 bridgehead atoms. The number of nitrogen functional groups attached to an aromatic ring is 2. The number of hydrogen-bond donors (Lipinski definition) is 4. The third-order valence-corrected chi connectivity index (χ3v) is 13.9. The molecule has 3 aliphatic rings. The van der Waals surface area contributed by atoms with Gasteiger partial charge in [0, 0.05) is 82.6 Å². The molecule has 6 heterocycles. The highest BCUT2D eigenvalue weighted by molar-refractivity contribution is 9.11. The van der Waals surface area contributed by atoms with Crippen molar-refractivity contribution in [2.75, 3.05) is 30.9 Å². The van der Waals surface area contributed by atoms with Gasteiger partial charge in [-0.3, -0.25) is 14.4 Å². The number of nitrogens with zero attached hydrogens (tertiary/aromatic N) is 7. The van der Waals surface area contributed by atoms with Crippen molar-refractivity contribution in [1.29, 1.82) is 0 Å². The number of aliphatic carboxylic acids is 1. The Morgan fingerprint density at radius 2 is 1.07 bits per heavy atom. The molecule has 1 fully saturated rings. The molecule has 3 aromatic carbocycles. The number of nitrogens with two attached hydrogens (primary N) is 2. The molecule has 22 heteroatoms. The minimum absolute atomic E-state index is 0.0482. The van der Waals surface area contributed by atoms with Crippen LogP contribution in [-0.2, 0) is 46.7 Å². The number of aromatic nitrogens is 3. The van der Waals surface area contributed by atoms with Crippen molar-refractivity contribution < 1.29 is 33.6 Å². The zero-order chi connectivity index (χ0) is 55.6. The van der Waals surface area contributed by atoms with E-state index >= 15 is 0 Å². The third kappa shape index (κ3) is 19.4. The van der Waals surface area contributed by atoms with Gasteiger partial charge in [-0.1, -0.05) is 118 Å². The Morgan fingerprint density at radius 3 is 1.47 bits per heavy atom. The molecule has 0 spiro atoms. The van der Waals surface area contributed by atoms with E-state index in [0.717, 1.165) is 47.6 Å². The van der Waals surface area contributed by atoms with Crippen LogP contribution in [0, 0.1) is 0 Å². The highest BCUT2D eigenvalue weighted by atomic mass is 79.9. The van der Waals surface area contributed by atoms with Crippen molar-refractivity contribution in [3.05, 3.63) is 169 Å². The Morgan fingerprint density at radius 1 is 0.618 bits per heavy atom. The predicted octanol–water partition coefficient (Wildman–Crippen LogP) is 9.98. The number of nitrogens with one attached hydrogen (secondary N) is 1. The average Bonchev–Trinajstić information content (AvgIpc) is 3.60. The quantitative estimate of drug-likeness (QED) is 0.0781. The molecule has 3 amide bonds. The number of hydrazone groups is 2. The Bertz CT molecular complexity index is 2990. The van der Waals surface area contributed by atoms with Crippen LogP contribution in [0.3, 0.4) is 0 Å². The maximum Gasteiger partial charge on any atom is 0.496 e. The first-order valence-corrected chi connectivity index (χ1v) is 27.2. The molecule has 6 aromatic rings. The van der Waals surface area contributed by atoms with Gasteiger partial charge in [0.15, 0.2) is 0 Å². The summed E-state index contributed by atoms with van der Waals surface area (Å²) < 4.78 is 15.1. The van der Waals surface area contributed by atoms with Crippen molar-refractivity contribution in [1.82, 2.24) is 25.0 Å². The van der Waals surface area contributed by atoms with Gasteiger partial charge in [0.2, 0.25) is 11.8 Å². The van der Waals surface area contributed by atoms with E-state index in [1.54, 1.807) is 31.6 Å². The predicted molar refractivity (Wildman–Crippen MR) is 313 cm³/mol. The Balaban J connectivity index is 0.000000184. The Hall–Kier alpha value is -6.17. The van der Waals surface area contributed by atoms with Gasteiger partial charge in [-0.2, -0.15) is 10.2 Å². The lowest BCUT2D eigenvalue weighted by molar-refractivity contribution is -0.132. The fourth-order valence-electron chi connectivity index (χ4n) is 6.91. The number of carboxylic acid groups (broad SMARTS) is 1. The lowest BCUT2D eigenvalue weighted by Crippen LogP contribution is -2.41. The highest BCUT2D eigenvalue weighted by Gasteiger charge is 2.51. The van der Waals surface area contributed by atoms with Crippen LogP contribution in [-0.4, -0.2) is 97.6 Å². The molecule has 1 saturated heterocycles. The third-order valence-electron chi connectivity index (χ3n) is 11.8. The lowest BCUT2D eigenvalue weighted by atomic mass is 9.80. The normalized spacial score (nSPS) is 15.2. The van der Waals surface area contributed by atoms with Gasteiger partial charge >= 0.3 is 13.1 Å². The number of amides is 3. The Labute approximate surface area is 477 Å². The molecular formula is C54H59BBr4N10O7. The first kappa shape index (κ1) is 60.7. The fraction of sp³-hybridized carbons (Fsp3) is 0.278. The van der Waals surface area contributed by atoms with Crippen LogP contribution < -0.4 is 22.2 Å². The van der Waals surface area contributed by atoms with Gasteiger partial charge in [0.1, 0.15) is 28.9 Å². The number of halogens is 4. The number of carboxylic acids is 1. The van der Waals surface area contributed by atoms with Gasteiger partial charge in [0.05, 0.1) is 11.2 Å². The van der Waals surface area contributed by atoms with Crippen LogP contribution in [0.25, 0.3) is 0 Å². The van der Waals surface area contributed by atoms with Crippen molar-refractivity contribution in [3.63, 3.8) is 0 Å². The Kier molecular flexibility index (Phi) is 23.0. The van der Waals surface area contributed by atoms with Crippen LogP contribution in [0.4, 0.5) is 17.5 Å². The van der Waals surface area contributed by atoms with Crippen LogP contribution in [0.2, 0.25) is 0 Å². The smallest absolute Gasteiger partial charge is 0.477 e. The number of rotatable bonds is 9. The number of carbonyl (C=O) groups excluding carboxylic acids is 3. The van der Waals surface area contributed by atoms with Crippen molar-refractivity contribution >= 4 is 129 Å². The molecule has 0 radical (unpaired) electrons. The zero-order valence-electron chi connectivity index (χ0n) is 42.8. The second-order valence-corrected chi connectivity index (χ2v) is 21.6. The summed E-state index contributed by atoms with van der Waals surface area (Å²) in [5.74, 6) is -0.0870. The van der Waals surface area contributed by atoms with Gasteiger partial charge in [-0.25, -0.2) is 29.8 Å². The second kappa shape index (κ2) is 28.8. The molecule has 0 saturated carbocycles. The molecule has 76 heavy (non-hydrogen) atoms. The molecule has 0 aliphatic carbocycles. The topological polar surface area (TPSA) is 241 Å². The zero-order valence-corrected chi connectivity index (χ0v) is 49.2. The molecular weight excluding hydrogens is 1230 g/mol. The van der Waals surface area contributed by atoms with Crippen molar-refractivity contribution in [2.24, 2.45) is 10.2 Å². The molecule has 17 nitrogen and oxygen atoms in total. The number of alkyl halides is 1. The van der Waals surface area contributed by atoms with E-state index < -0.39 is 5.97 Å². The molecule has 0 atom stereocenters. The monoisotopic (exact) mass is 1290 g/mol. The van der Waals surface area contributed by atoms with Crippen LogP contribution in [0.15, 0.2) is 151 Å². The number of hydrogen-bond acceptors (Lipinski definition) is 13. The van der Waals surface area contributed by atoms with E-state index in [0.29, 0.717) is 36.0 Å². The summed E-state index contributed by atoms with van der Waals surface area (Å²) in [5.41, 5.74) is 17.7. The van der Waals surface area contributed by atoms with Gasteiger partial charge < -0.3 is 31.2 Å². The summed E-state index contributed by atoms with van der Waals surface area (Å²) in [6.45, 7) is 8.10. The molecule has 3 aliphatic heterocycles. The van der Waals surface area contributed by atoms with Crippen molar-refractivity contribution in [2.45, 2.75) is 82.8 Å². The summed E-state index contributed by atoms with van der Waals surface area (Å²) in [7, 11) is 2.63. The van der Waals surface area contributed by atoms with E-state index in [9.17, 15) is 19.2 Å². The largest absolute Gasteiger partial charge is 0.496 e. The minimum atomic E-state index is -1.05. The number of benzene rings is 3. The summed E-state index contributed by atoms with van der Waals surface area (Å²) in [6, 6.07) is 35.7. The van der Waals surface area contributed by atoms with E-state index in [4.69, 9.17) is 25.9 Å². The summed E-state index contributed by atoms with van der Waals surface area (Å²) in [4.78, 5) is 57.1. The molecule has 6 N–H and O–H groups in total. The van der Waals surface area contributed by atoms with E-state index in [1.807, 2.05) is 94.6 Å². The maximum absolute atomic E-state index is 12.2. The van der Waals surface area contributed by atoms with Crippen LogP contribution >= 0.6 is 63.7 Å². The van der Waals surface area contributed by atoms with Crippen LogP contribution in [0.5, 0.6) is 0 Å². The van der Waals surface area contributed by atoms with Gasteiger partial charge in [0.25, 0.3) is 5.91 Å². The summed E-state index contributed by atoms with van der Waals surface area (Å²) >= 11 is 13.7. The molecule has 9 rings (SSSR count).